The first kappa shape index (κ1) is 16.9. The minimum Gasteiger partial charge on any atom is -0.472 e. The molecular formula is C15H13ClN4O5. The van der Waals surface area contributed by atoms with Gasteiger partial charge in [-0.3, -0.25) is 10.1 Å². The summed E-state index contributed by atoms with van der Waals surface area (Å²) < 4.78 is 5.65. The third-order valence-corrected chi connectivity index (χ3v) is 3.99. The van der Waals surface area contributed by atoms with E-state index in [4.69, 9.17) is 21.4 Å². The first-order chi connectivity index (χ1) is 12.0. The highest BCUT2D eigenvalue weighted by Gasteiger charge is 2.26. The summed E-state index contributed by atoms with van der Waals surface area (Å²) in [5.41, 5.74) is 1.50. The molecule has 2 heterocycles. The molecule has 10 heteroatoms. The van der Waals surface area contributed by atoms with Gasteiger partial charge in [0.15, 0.2) is 0 Å². The van der Waals surface area contributed by atoms with Crippen molar-refractivity contribution in [2.24, 2.45) is 0 Å². The third kappa shape index (κ3) is 3.61. The first-order valence-electron chi connectivity index (χ1n) is 7.34. The van der Waals surface area contributed by atoms with Gasteiger partial charge in [-0.15, -0.1) is 0 Å². The van der Waals surface area contributed by atoms with Crippen molar-refractivity contribution in [3.8, 4) is 5.88 Å². The number of nitro benzene ring substituents is 1. The summed E-state index contributed by atoms with van der Waals surface area (Å²) in [6, 6.07) is 6.25. The molecule has 1 aliphatic heterocycles. The predicted molar refractivity (Wildman–Crippen MR) is 86.6 cm³/mol. The number of ether oxygens (including phenoxy) is 1. The van der Waals surface area contributed by atoms with Gasteiger partial charge in [0.2, 0.25) is 11.2 Å². The van der Waals surface area contributed by atoms with Gasteiger partial charge in [0.25, 0.3) is 5.69 Å². The smallest absolute Gasteiger partial charge is 0.407 e. The standard InChI is InChI=1S/C15H13ClN4O5/c16-14-17-11-7-19(15(21)22)6-5-10(11)13(18-14)25-8-9-3-1-2-4-12(9)20(23)24/h1-4H,5-8H2,(H,21,22). The molecule has 1 aromatic carbocycles. The minimum atomic E-state index is -1.04. The lowest BCUT2D eigenvalue weighted by Crippen LogP contribution is -2.35. The zero-order valence-corrected chi connectivity index (χ0v) is 13.6. The Labute approximate surface area is 147 Å². The lowest BCUT2D eigenvalue weighted by atomic mass is 10.1. The highest BCUT2D eigenvalue weighted by molar-refractivity contribution is 6.28. The van der Waals surface area contributed by atoms with Crippen molar-refractivity contribution in [3.63, 3.8) is 0 Å². The van der Waals surface area contributed by atoms with E-state index < -0.39 is 11.0 Å². The van der Waals surface area contributed by atoms with E-state index in [1.807, 2.05) is 0 Å². The molecule has 0 bridgehead atoms. The van der Waals surface area contributed by atoms with Gasteiger partial charge in [0, 0.05) is 18.2 Å². The Bertz CT molecular complexity index is 845. The molecule has 1 aromatic heterocycles. The summed E-state index contributed by atoms with van der Waals surface area (Å²) in [4.78, 5) is 31.0. The minimum absolute atomic E-state index is 0.0476. The maximum Gasteiger partial charge on any atom is 0.407 e. The lowest BCUT2D eigenvalue weighted by molar-refractivity contribution is -0.385. The molecule has 0 fully saturated rings. The van der Waals surface area contributed by atoms with Crippen LogP contribution in [0, 0.1) is 10.1 Å². The second kappa shape index (κ2) is 6.89. The van der Waals surface area contributed by atoms with Gasteiger partial charge in [0.1, 0.15) is 6.61 Å². The number of benzene rings is 1. The molecular weight excluding hydrogens is 352 g/mol. The number of para-hydroxylation sites is 1. The number of rotatable bonds is 4. The van der Waals surface area contributed by atoms with Gasteiger partial charge in [-0.1, -0.05) is 12.1 Å². The largest absolute Gasteiger partial charge is 0.472 e. The van der Waals surface area contributed by atoms with Crippen molar-refractivity contribution in [1.29, 1.82) is 0 Å². The number of aromatic nitrogens is 2. The van der Waals surface area contributed by atoms with Crippen LogP contribution in [0.5, 0.6) is 5.88 Å². The van der Waals surface area contributed by atoms with E-state index >= 15 is 0 Å². The van der Waals surface area contributed by atoms with Gasteiger partial charge in [-0.25, -0.2) is 9.78 Å². The Balaban J connectivity index is 1.85. The lowest BCUT2D eigenvalue weighted by Gasteiger charge is -2.26. The van der Waals surface area contributed by atoms with Gasteiger partial charge in [0.05, 0.1) is 22.7 Å². The monoisotopic (exact) mass is 364 g/mol. The van der Waals surface area contributed by atoms with Crippen LogP contribution in [-0.2, 0) is 19.6 Å². The first-order valence-corrected chi connectivity index (χ1v) is 7.71. The van der Waals surface area contributed by atoms with E-state index in [1.165, 1.54) is 11.0 Å². The van der Waals surface area contributed by atoms with E-state index in [9.17, 15) is 14.9 Å². The molecule has 0 saturated heterocycles. The molecule has 9 nitrogen and oxygen atoms in total. The Hall–Kier alpha value is -2.94. The Morgan fingerprint density at radius 2 is 2.16 bits per heavy atom. The van der Waals surface area contributed by atoms with Crippen molar-refractivity contribution in [2.75, 3.05) is 6.54 Å². The maximum atomic E-state index is 11.1. The molecule has 0 unspecified atom stereocenters. The average Bonchev–Trinajstić information content (AvgIpc) is 2.59. The summed E-state index contributed by atoms with van der Waals surface area (Å²) in [5.74, 6) is 0.221. The molecule has 3 rings (SSSR count). The fourth-order valence-corrected chi connectivity index (χ4v) is 2.79. The van der Waals surface area contributed by atoms with Gasteiger partial charge >= 0.3 is 6.09 Å². The van der Waals surface area contributed by atoms with E-state index in [0.29, 0.717) is 23.2 Å². The maximum absolute atomic E-state index is 11.1. The Kier molecular flexibility index (Phi) is 4.66. The summed E-state index contributed by atoms with van der Waals surface area (Å²) in [5, 5.41) is 20.1. The number of carbonyl (C=O) groups is 1. The van der Waals surface area contributed by atoms with Crippen LogP contribution in [0.25, 0.3) is 0 Å². The number of nitro groups is 1. The number of amides is 1. The quantitative estimate of drug-likeness (QED) is 0.503. The summed E-state index contributed by atoms with van der Waals surface area (Å²) in [7, 11) is 0. The topological polar surface area (TPSA) is 119 Å². The van der Waals surface area contributed by atoms with Crippen LogP contribution in [0.3, 0.4) is 0 Å². The molecule has 1 N–H and O–H groups in total. The van der Waals surface area contributed by atoms with Crippen LogP contribution in [0.1, 0.15) is 16.8 Å². The number of nitrogens with zero attached hydrogens (tertiary/aromatic N) is 4. The number of hydrogen-bond acceptors (Lipinski definition) is 6. The normalized spacial score (nSPS) is 13.2. The van der Waals surface area contributed by atoms with Crippen molar-refractivity contribution >= 4 is 23.4 Å². The van der Waals surface area contributed by atoms with Crippen LogP contribution in [0.2, 0.25) is 5.28 Å². The average molecular weight is 365 g/mol. The van der Waals surface area contributed by atoms with Crippen molar-refractivity contribution < 1.29 is 19.6 Å². The summed E-state index contributed by atoms with van der Waals surface area (Å²) >= 11 is 5.90. The van der Waals surface area contributed by atoms with Gasteiger partial charge in [-0.05, 0) is 24.1 Å². The van der Waals surface area contributed by atoms with Crippen LogP contribution in [0.4, 0.5) is 10.5 Å². The SMILES string of the molecule is O=C(O)N1CCc2c(nc(Cl)nc2OCc2ccccc2[N+](=O)[O-])C1. The Morgan fingerprint density at radius 3 is 2.88 bits per heavy atom. The van der Waals surface area contributed by atoms with Gasteiger partial charge < -0.3 is 14.7 Å². The molecule has 25 heavy (non-hydrogen) atoms. The van der Waals surface area contributed by atoms with Crippen LogP contribution in [0.15, 0.2) is 24.3 Å². The number of halogens is 1. The fourth-order valence-electron chi connectivity index (χ4n) is 2.61. The highest BCUT2D eigenvalue weighted by Crippen LogP contribution is 2.28. The van der Waals surface area contributed by atoms with Crippen molar-refractivity contribution in [3.05, 3.63) is 56.5 Å². The molecule has 2 aromatic rings. The second-order valence-corrected chi connectivity index (χ2v) is 5.69. The summed E-state index contributed by atoms with van der Waals surface area (Å²) in [6.07, 6.45) is -0.659. The highest BCUT2D eigenvalue weighted by atomic mass is 35.5. The van der Waals surface area contributed by atoms with Crippen molar-refractivity contribution in [2.45, 2.75) is 19.6 Å². The Morgan fingerprint density at radius 1 is 1.40 bits per heavy atom. The molecule has 0 spiro atoms. The zero-order valence-electron chi connectivity index (χ0n) is 12.9. The van der Waals surface area contributed by atoms with Crippen LogP contribution < -0.4 is 4.74 Å². The second-order valence-electron chi connectivity index (χ2n) is 5.35. The fraction of sp³-hybridized carbons (Fsp3) is 0.267. The molecule has 0 saturated carbocycles. The molecule has 0 radical (unpaired) electrons. The van der Waals surface area contributed by atoms with Crippen LogP contribution in [-0.4, -0.2) is 37.5 Å². The van der Waals surface area contributed by atoms with E-state index in [-0.39, 0.29) is 36.5 Å². The zero-order chi connectivity index (χ0) is 18.0. The van der Waals surface area contributed by atoms with Crippen molar-refractivity contribution in [1.82, 2.24) is 14.9 Å². The number of hydrogen-bond donors (Lipinski definition) is 1. The van der Waals surface area contributed by atoms with E-state index in [0.717, 1.165) is 0 Å². The number of fused-ring (bicyclic) bond motifs is 1. The van der Waals surface area contributed by atoms with E-state index in [1.54, 1.807) is 18.2 Å². The molecule has 0 aliphatic carbocycles. The molecule has 1 aliphatic rings. The predicted octanol–water partition coefficient (Wildman–Crippen LogP) is 2.65. The third-order valence-electron chi connectivity index (χ3n) is 3.82. The molecule has 0 atom stereocenters. The number of carboxylic acid groups (broad SMARTS) is 1. The molecule has 1 amide bonds. The van der Waals surface area contributed by atoms with Gasteiger partial charge in [-0.2, -0.15) is 4.98 Å². The van der Waals surface area contributed by atoms with Crippen LogP contribution >= 0.6 is 11.6 Å². The summed E-state index contributed by atoms with van der Waals surface area (Å²) in [6.45, 7) is 0.323. The molecule has 130 valence electrons. The van der Waals surface area contributed by atoms with E-state index in [2.05, 4.69) is 9.97 Å².